The van der Waals surface area contributed by atoms with Crippen molar-refractivity contribution in [1.82, 2.24) is 9.80 Å². The Morgan fingerprint density at radius 2 is 1.67 bits per heavy atom. The van der Waals surface area contributed by atoms with E-state index in [1.165, 1.54) is 6.07 Å². The highest BCUT2D eigenvalue weighted by molar-refractivity contribution is 6.02. The monoisotopic (exact) mass is 534 g/mol. The number of hydrogen-bond acceptors (Lipinski definition) is 6. The normalized spacial score (nSPS) is 20.6. The lowest BCUT2D eigenvalue weighted by molar-refractivity contribution is -0.131. The Morgan fingerprint density at radius 1 is 1.00 bits per heavy atom. The number of ether oxygens (including phenoxy) is 1. The van der Waals surface area contributed by atoms with Crippen molar-refractivity contribution in [2.75, 3.05) is 49.5 Å². The molecule has 1 fully saturated rings. The number of halogens is 1. The predicted octanol–water partition coefficient (Wildman–Crippen LogP) is 4.74. The third-order valence-corrected chi connectivity index (χ3v) is 7.67. The molecule has 2 heterocycles. The van der Waals surface area contributed by atoms with Crippen molar-refractivity contribution in [2.24, 2.45) is 5.41 Å². The van der Waals surface area contributed by atoms with E-state index in [9.17, 15) is 14.4 Å². The molecule has 9 heteroatoms. The fraction of sp³-hybridized carbons (Fsp3) is 0.433. The molecule has 2 aliphatic heterocycles. The van der Waals surface area contributed by atoms with Crippen LogP contribution in [0, 0.1) is 11.2 Å². The fourth-order valence-corrected chi connectivity index (χ4v) is 5.85. The summed E-state index contributed by atoms with van der Waals surface area (Å²) in [5.74, 6) is -0.621. The van der Waals surface area contributed by atoms with E-state index >= 15 is 4.39 Å². The quantitative estimate of drug-likeness (QED) is 0.610. The van der Waals surface area contributed by atoms with Gasteiger partial charge in [-0.15, -0.1) is 0 Å². The van der Waals surface area contributed by atoms with Crippen LogP contribution in [0.5, 0.6) is 0 Å². The molecule has 1 N–H and O–H groups in total. The molecule has 0 bridgehead atoms. The van der Waals surface area contributed by atoms with E-state index in [1.54, 1.807) is 34.9 Å². The van der Waals surface area contributed by atoms with Gasteiger partial charge in [0.25, 0.3) is 0 Å². The smallest absolute Gasteiger partial charge is 0.409 e. The van der Waals surface area contributed by atoms with Gasteiger partial charge in [0.1, 0.15) is 5.82 Å². The van der Waals surface area contributed by atoms with Crippen LogP contribution in [-0.4, -0.2) is 66.9 Å². The molecule has 2 amide bonds. The van der Waals surface area contributed by atoms with Gasteiger partial charge in [-0.3, -0.25) is 9.59 Å². The standard InChI is InChI=1S/C30H35FN4O4/c1-4-39-29(38)34-15-13-33(14-16-34)26(37)19-35-24-12-8-7-11-22(24)32-23-17-30(2,3)18-25(36)27(23)28(35)20-9-5-6-10-21(20)31/h5-12,28,32H,4,13-19H2,1-3H3. The largest absolute Gasteiger partial charge is 0.450 e. The van der Waals surface area contributed by atoms with Crippen LogP contribution in [0.2, 0.25) is 0 Å². The predicted molar refractivity (Wildman–Crippen MR) is 147 cm³/mol. The molecule has 2 aromatic rings. The first kappa shape index (κ1) is 26.7. The number of amides is 2. The number of benzene rings is 2. The molecule has 39 heavy (non-hydrogen) atoms. The molecule has 1 atom stereocenters. The fourth-order valence-electron chi connectivity index (χ4n) is 5.85. The van der Waals surface area contributed by atoms with E-state index in [1.807, 2.05) is 29.2 Å². The Kier molecular flexibility index (Phi) is 7.34. The molecule has 1 saturated heterocycles. The third-order valence-electron chi connectivity index (χ3n) is 7.67. The summed E-state index contributed by atoms with van der Waals surface area (Å²) in [7, 11) is 0. The highest BCUT2D eigenvalue weighted by Gasteiger charge is 2.43. The average Bonchev–Trinajstić information content (AvgIpc) is 3.03. The average molecular weight is 535 g/mol. The summed E-state index contributed by atoms with van der Waals surface area (Å²) in [5, 5.41) is 3.49. The second-order valence-electron chi connectivity index (χ2n) is 11.1. The first-order valence-corrected chi connectivity index (χ1v) is 13.5. The van der Waals surface area contributed by atoms with Crippen LogP contribution in [0.3, 0.4) is 0 Å². The van der Waals surface area contributed by atoms with Crippen LogP contribution in [0.25, 0.3) is 0 Å². The molecule has 1 unspecified atom stereocenters. The maximum Gasteiger partial charge on any atom is 0.409 e. The summed E-state index contributed by atoms with van der Waals surface area (Å²) in [4.78, 5) is 44.8. The number of ketones is 1. The van der Waals surface area contributed by atoms with Gasteiger partial charge in [0.2, 0.25) is 5.91 Å². The van der Waals surface area contributed by atoms with Crippen LogP contribution < -0.4 is 10.2 Å². The van der Waals surface area contributed by atoms with Gasteiger partial charge in [-0.2, -0.15) is 0 Å². The van der Waals surface area contributed by atoms with Gasteiger partial charge in [0, 0.05) is 49.4 Å². The number of fused-ring (bicyclic) bond motifs is 1. The molecule has 1 aliphatic carbocycles. The number of anilines is 2. The van der Waals surface area contributed by atoms with Gasteiger partial charge in [0.05, 0.1) is 30.6 Å². The van der Waals surface area contributed by atoms with Crippen molar-refractivity contribution in [3.8, 4) is 0 Å². The van der Waals surface area contributed by atoms with Crippen LogP contribution in [0.15, 0.2) is 59.8 Å². The van der Waals surface area contributed by atoms with Crippen LogP contribution in [-0.2, 0) is 14.3 Å². The van der Waals surface area contributed by atoms with Crippen molar-refractivity contribution in [2.45, 2.75) is 39.7 Å². The molecule has 0 spiro atoms. The van der Waals surface area contributed by atoms with E-state index in [4.69, 9.17) is 4.74 Å². The summed E-state index contributed by atoms with van der Waals surface area (Å²) in [5.41, 5.74) is 2.89. The summed E-state index contributed by atoms with van der Waals surface area (Å²) >= 11 is 0. The zero-order valence-electron chi connectivity index (χ0n) is 22.7. The molecule has 8 nitrogen and oxygen atoms in total. The maximum absolute atomic E-state index is 15.4. The number of allylic oxidation sites excluding steroid dienone is 1. The zero-order valence-corrected chi connectivity index (χ0v) is 22.7. The zero-order chi connectivity index (χ0) is 27.7. The molecule has 0 saturated carbocycles. The van der Waals surface area contributed by atoms with E-state index in [-0.39, 0.29) is 29.7 Å². The van der Waals surface area contributed by atoms with E-state index < -0.39 is 11.9 Å². The Labute approximate surface area is 228 Å². The van der Waals surface area contributed by atoms with Gasteiger partial charge in [-0.05, 0) is 37.0 Å². The first-order valence-electron chi connectivity index (χ1n) is 13.5. The third kappa shape index (κ3) is 5.35. The lowest BCUT2D eigenvalue weighted by Crippen LogP contribution is -2.53. The molecule has 206 valence electrons. The summed E-state index contributed by atoms with van der Waals surface area (Å²) in [6, 6.07) is 13.3. The molecular weight excluding hydrogens is 499 g/mol. The van der Waals surface area contributed by atoms with Crippen molar-refractivity contribution in [3.05, 3.63) is 71.2 Å². The van der Waals surface area contributed by atoms with Crippen molar-refractivity contribution in [1.29, 1.82) is 0 Å². The number of carbonyl (C=O) groups excluding carboxylic acids is 3. The number of piperazine rings is 1. The second-order valence-corrected chi connectivity index (χ2v) is 11.1. The van der Waals surface area contributed by atoms with Gasteiger partial charge >= 0.3 is 6.09 Å². The number of carbonyl (C=O) groups is 3. The van der Waals surface area contributed by atoms with Crippen LogP contribution >= 0.6 is 0 Å². The maximum atomic E-state index is 15.4. The topological polar surface area (TPSA) is 82.2 Å². The lowest BCUT2D eigenvalue weighted by Gasteiger charge is -2.39. The van der Waals surface area contributed by atoms with Gasteiger partial charge < -0.3 is 24.8 Å². The van der Waals surface area contributed by atoms with Crippen LogP contribution in [0.4, 0.5) is 20.6 Å². The number of para-hydroxylation sites is 2. The SMILES string of the molecule is CCOC(=O)N1CCN(C(=O)CN2c3ccccc3NC3=C(C(=O)CC(C)(C)C3)C2c2ccccc2F)CC1. The summed E-state index contributed by atoms with van der Waals surface area (Å²) < 4.78 is 20.5. The number of nitrogens with zero attached hydrogens (tertiary/aromatic N) is 3. The molecule has 3 aliphatic rings. The molecular formula is C30H35FN4O4. The summed E-state index contributed by atoms with van der Waals surface area (Å²) in [6.45, 7) is 7.62. The Bertz CT molecular complexity index is 1320. The number of hydrogen-bond donors (Lipinski definition) is 1. The highest BCUT2D eigenvalue weighted by atomic mass is 19.1. The van der Waals surface area contributed by atoms with E-state index in [0.717, 1.165) is 17.1 Å². The second kappa shape index (κ2) is 10.7. The Morgan fingerprint density at radius 3 is 2.38 bits per heavy atom. The van der Waals surface area contributed by atoms with Crippen molar-refractivity contribution in [3.63, 3.8) is 0 Å². The van der Waals surface area contributed by atoms with Crippen LogP contribution in [0.1, 0.15) is 45.2 Å². The molecule has 0 radical (unpaired) electrons. The highest BCUT2D eigenvalue weighted by Crippen LogP contribution is 2.48. The van der Waals surface area contributed by atoms with Gasteiger partial charge in [-0.25, -0.2) is 9.18 Å². The molecule has 0 aromatic heterocycles. The van der Waals surface area contributed by atoms with Gasteiger partial charge in [0.15, 0.2) is 5.78 Å². The number of rotatable bonds is 4. The van der Waals surface area contributed by atoms with Gasteiger partial charge in [-0.1, -0.05) is 44.2 Å². The Hall–Kier alpha value is -3.88. The minimum Gasteiger partial charge on any atom is -0.450 e. The van der Waals surface area contributed by atoms with E-state index in [0.29, 0.717) is 56.8 Å². The van der Waals surface area contributed by atoms with Crippen molar-refractivity contribution < 1.29 is 23.5 Å². The van der Waals surface area contributed by atoms with Crippen molar-refractivity contribution >= 4 is 29.2 Å². The lowest BCUT2D eigenvalue weighted by atomic mass is 9.73. The van der Waals surface area contributed by atoms with E-state index in [2.05, 4.69) is 19.2 Å². The first-order chi connectivity index (χ1) is 18.7. The summed E-state index contributed by atoms with van der Waals surface area (Å²) in [6.07, 6.45) is 0.590. The number of Topliss-reactive ketones (excluding diaryl/α,β-unsaturated/α-hetero) is 1. The Balaban J connectivity index is 1.53. The number of nitrogens with one attached hydrogen (secondary N) is 1. The minimum atomic E-state index is -0.772. The minimum absolute atomic E-state index is 0.0460. The molecule has 5 rings (SSSR count). The molecule has 2 aromatic carbocycles.